The van der Waals surface area contributed by atoms with Crippen molar-refractivity contribution in [1.82, 2.24) is 19.9 Å². The first-order valence-corrected chi connectivity index (χ1v) is 6.89. The fourth-order valence-corrected chi connectivity index (χ4v) is 2.11. The van der Waals surface area contributed by atoms with E-state index >= 15 is 0 Å². The lowest BCUT2D eigenvalue weighted by molar-refractivity contribution is 0.413. The Bertz CT molecular complexity index is 863. The number of aromatic amines is 1. The highest BCUT2D eigenvalue weighted by molar-refractivity contribution is 5.66. The average molecular weight is 306 g/mol. The standard InChI is InChI=1S/C16H14N6O/c1-10-18-9-15(21-10)22-16-19-7-13(8-20-16)11-3-4-12(6-17)14(5-11)23-2/h3-5,7-9H,1-2H3,(H,18,21)(H,19,20,22). The minimum atomic E-state index is 0.470. The second-order valence-corrected chi connectivity index (χ2v) is 4.83. The Labute approximate surface area is 133 Å². The van der Waals surface area contributed by atoms with Crippen LogP contribution < -0.4 is 10.1 Å². The molecule has 0 saturated carbocycles. The molecule has 23 heavy (non-hydrogen) atoms. The van der Waals surface area contributed by atoms with E-state index in [0.717, 1.165) is 22.8 Å². The normalized spacial score (nSPS) is 10.1. The minimum Gasteiger partial charge on any atom is -0.495 e. The zero-order valence-corrected chi connectivity index (χ0v) is 12.7. The van der Waals surface area contributed by atoms with E-state index in [-0.39, 0.29) is 0 Å². The van der Waals surface area contributed by atoms with E-state index in [4.69, 9.17) is 10.00 Å². The number of ether oxygens (including phenoxy) is 1. The Morgan fingerprint density at radius 3 is 2.52 bits per heavy atom. The monoisotopic (exact) mass is 306 g/mol. The van der Waals surface area contributed by atoms with Crippen molar-refractivity contribution in [1.29, 1.82) is 5.26 Å². The second kappa shape index (κ2) is 6.15. The molecule has 2 N–H and O–H groups in total. The number of H-pyrrole nitrogens is 1. The van der Waals surface area contributed by atoms with Crippen LogP contribution in [0.3, 0.4) is 0 Å². The largest absolute Gasteiger partial charge is 0.495 e. The number of methoxy groups -OCH3 is 1. The van der Waals surface area contributed by atoms with Crippen LogP contribution in [0, 0.1) is 18.3 Å². The summed E-state index contributed by atoms with van der Waals surface area (Å²) < 4.78 is 5.22. The number of aromatic nitrogens is 4. The van der Waals surface area contributed by atoms with Gasteiger partial charge < -0.3 is 15.0 Å². The number of nitrogens with zero attached hydrogens (tertiary/aromatic N) is 4. The van der Waals surface area contributed by atoms with Crippen molar-refractivity contribution in [3.63, 3.8) is 0 Å². The van der Waals surface area contributed by atoms with Crippen LogP contribution in [0.4, 0.5) is 11.8 Å². The molecule has 0 aliphatic heterocycles. The highest BCUT2D eigenvalue weighted by atomic mass is 16.5. The molecule has 0 radical (unpaired) electrons. The van der Waals surface area contributed by atoms with Crippen LogP contribution in [0.5, 0.6) is 5.75 Å². The van der Waals surface area contributed by atoms with Crippen LogP contribution in [0.25, 0.3) is 11.1 Å². The average Bonchev–Trinajstić information content (AvgIpc) is 3.00. The van der Waals surface area contributed by atoms with Crippen molar-refractivity contribution in [3.8, 4) is 22.9 Å². The first-order valence-electron chi connectivity index (χ1n) is 6.89. The predicted molar refractivity (Wildman–Crippen MR) is 85.3 cm³/mol. The summed E-state index contributed by atoms with van der Waals surface area (Å²) in [4.78, 5) is 15.7. The summed E-state index contributed by atoms with van der Waals surface area (Å²) >= 11 is 0. The van der Waals surface area contributed by atoms with Crippen LogP contribution in [-0.2, 0) is 0 Å². The van der Waals surface area contributed by atoms with E-state index in [1.54, 1.807) is 30.7 Å². The molecule has 2 aromatic heterocycles. The van der Waals surface area contributed by atoms with Gasteiger partial charge in [0, 0.05) is 18.0 Å². The van der Waals surface area contributed by atoms with Gasteiger partial charge in [-0.3, -0.25) is 0 Å². The number of benzene rings is 1. The van der Waals surface area contributed by atoms with Gasteiger partial charge in [-0.15, -0.1) is 0 Å². The lowest BCUT2D eigenvalue weighted by atomic mass is 10.1. The lowest BCUT2D eigenvalue weighted by Crippen LogP contribution is -1.97. The van der Waals surface area contributed by atoms with Crippen LogP contribution in [0.15, 0.2) is 36.8 Å². The van der Waals surface area contributed by atoms with Crippen molar-refractivity contribution < 1.29 is 4.74 Å². The van der Waals surface area contributed by atoms with Crippen LogP contribution >= 0.6 is 0 Å². The Morgan fingerprint density at radius 1 is 1.13 bits per heavy atom. The summed E-state index contributed by atoms with van der Waals surface area (Å²) in [5.41, 5.74) is 2.20. The zero-order chi connectivity index (χ0) is 16.2. The summed E-state index contributed by atoms with van der Waals surface area (Å²) in [5, 5.41) is 12.1. The molecule has 0 fully saturated rings. The van der Waals surface area contributed by atoms with Gasteiger partial charge in [0.2, 0.25) is 5.95 Å². The number of nitriles is 1. The van der Waals surface area contributed by atoms with Crippen molar-refractivity contribution in [2.24, 2.45) is 0 Å². The quantitative estimate of drug-likeness (QED) is 0.769. The molecule has 2 heterocycles. The second-order valence-electron chi connectivity index (χ2n) is 4.83. The van der Waals surface area contributed by atoms with Crippen molar-refractivity contribution in [3.05, 3.63) is 48.2 Å². The number of nitrogens with one attached hydrogen (secondary N) is 2. The molecule has 0 bridgehead atoms. The van der Waals surface area contributed by atoms with Gasteiger partial charge in [-0.05, 0) is 24.6 Å². The van der Waals surface area contributed by atoms with Gasteiger partial charge in [-0.25, -0.2) is 15.0 Å². The zero-order valence-electron chi connectivity index (χ0n) is 12.7. The highest BCUT2D eigenvalue weighted by Gasteiger charge is 2.07. The lowest BCUT2D eigenvalue weighted by Gasteiger charge is -2.07. The summed E-state index contributed by atoms with van der Waals surface area (Å²) in [6.45, 7) is 1.87. The van der Waals surface area contributed by atoms with E-state index in [0.29, 0.717) is 17.3 Å². The molecular formula is C16H14N6O. The molecule has 3 rings (SSSR count). The van der Waals surface area contributed by atoms with Crippen LogP contribution in [0.1, 0.15) is 11.4 Å². The van der Waals surface area contributed by atoms with Crippen LogP contribution in [0.2, 0.25) is 0 Å². The molecule has 0 saturated heterocycles. The number of imidazole rings is 1. The summed E-state index contributed by atoms with van der Waals surface area (Å²) in [7, 11) is 1.54. The molecule has 0 unspecified atom stereocenters. The number of aryl methyl sites for hydroxylation is 1. The molecule has 3 aromatic rings. The molecule has 114 valence electrons. The molecule has 0 amide bonds. The number of hydrogen-bond acceptors (Lipinski definition) is 6. The molecule has 1 aromatic carbocycles. The first kappa shape index (κ1) is 14.5. The Kier molecular flexibility index (Phi) is 3.89. The SMILES string of the molecule is COc1cc(-c2cnc(Nc3cnc(C)[nH]3)nc2)ccc1C#N. The molecule has 7 heteroatoms. The third kappa shape index (κ3) is 3.11. The number of rotatable bonds is 4. The smallest absolute Gasteiger partial charge is 0.228 e. The third-order valence-electron chi connectivity index (χ3n) is 3.26. The first-order chi connectivity index (χ1) is 11.2. The maximum atomic E-state index is 9.02. The van der Waals surface area contributed by atoms with E-state index in [2.05, 4.69) is 31.3 Å². The molecule has 0 atom stereocenters. The van der Waals surface area contributed by atoms with Crippen molar-refractivity contribution in [2.45, 2.75) is 6.92 Å². The Balaban J connectivity index is 1.83. The van der Waals surface area contributed by atoms with Crippen molar-refractivity contribution >= 4 is 11.8 Å². The van der Waals surface area contributed by atoms with Gasteiger partial charge in [-0.1, -0.05) is 6.07 Å². The molecular weight excluding hydrogens is 292 g/mol. The third-order valence-corrected chi connectivity index (χ3v) is 3.26. The number of anilines is 2. The van der Waals surface area contributed by atoms with E-state index in [1.807, 2.05) is 13.0 Å². The molecule has 0 spiro atoms. The molecule has 0 aliphatic rings. The predicted octanol–water partition coefficient (Wildman–Crippen LogP) is 2.80. The van der Waals surface area contributed by atoms with Gasteiger partial charge in [0.05, 0.1) is 18.9 Å². The van der Waals surface area contributed by atoms with Gasteiger partial charge in [0.15, 0.2) is 0 Å². The van der Waals surface area contributed by atoms with Gasteiger partial charge in [-0.2, -0.15) is 5.26 Å². The minimum absolute atomic E-state index is 0.470. The van der Waals surface area contributed by atoms with Crippen molar-refractivity contribution in [2.75, 3.05) is 12.4 Å². The fraction of sp³-hybridized carbons (Fsp3) is 0.125. The summed E-state index contributed by atoms with van der Waals surface area (Å²) in [6, 6.07) is 7.44. The van der Waals surface area contributed by atoms with E-state index in [1.165, 1.54) is 7.11 Å². The Hall–Kier alpha value is -3.40. The summed E-state index contributed by atoms with van der Waals surface area (Å²) in [5.74, 6) is 2.54. The maximum Gasteiger partial charge on any atom is 0.228 e. The van der Waals surface area contributed by atoms with Gasteiger partial charge in [0.1, 0.15) is 23.5 Å². The molecule has 7 nitrogen and oxygen atoms in total. The summed E-state index contributed by atoms with van der Waals surface area (Å²) in [6.07, 6.45) is 5.09. The molecule has 0 aliphatic carbocycles. The topological polar surface area (TPSA) is 99.5 Å². The van der Waals surface area contributed by atoms with Crippen LogP contribution in [-0.4, -0.2) is 27.0 Å². The number of hydrogen-bond donors (Lipinski definition) is 2. The highest BCUT2D eigenvalue weighted by Crippen LogP contribution is 2.26. The fourth-order valence-electron chi connectivity index (χ4n) is 2.11. The maximum absolute atomic E-state index is 9.02. The van der Waals surface area contributed by atoms with Gasteiger partial charge in [0.25, 0.3) is 0 Å². The van der Waals surface area contributed by atoms with E-state index < -0.39 is 0 Å². The van der Waals surface area contributed by atoms with Gasteiger partial charge >= 0.3 is 0 Å². The Morgan fingerprint density at radius 2 is 1.91 bits per heavy atom. The van der Waals surface area contributed by atoms with E-state index in [9.17, 15) is 0 Å².